The van der Waals surface area contributed by atoms with E-state index >= 15 is 0 Å². The van der Waals surface area contributed by atoms with E-state index < -0.39 is 11.5 Å². The molecule has 3 heterocycles. The molecule has 0 aliphatic carbocycles. The van der Waals surface area contributed by atoms with E-state index in [-0.39, 0.29) is 38.5 Å². The van der Waals surface area contributed by atoms with Crippen LogP contribution in [-0.2, 0) is 4.74 Å². The third kappa shape index (κ3) is 3.01. The molecule has 0 aromatic carbocycles. The Labute approximate surface area is 144 Å². The molecule has 3 N–H and O–H groups in total. The second-order valence-electron chi connectivity index (χ2n) is 4.52. The molecule has 0 atom stereocenters. The molecule has 0 aliphatic heterocycles. The van der Waals surface area contributed by atoms with Gasteiger partial charge in [0.05, 0.1) is 6.61 Å². The number of rotatable bonds is 4. The van der Waals surface area contributed by atoms with Gasteiger partial charge in [0.2, 0.25) is 0 Å². The summed E-state index contributed by atoms with van der Waals surface area (Å²) in [5.74, 6) is -0.335. The molecule has 0 unspecified atom stereocenters. The van der Waals surface area contributed by atoms with E-state index in [1.165, 1.54) is 18.3 Å². The predicted octanol–water partition coefficient (Wildman–Crippen LogP) is 1.54. The lowest BCUT2D eigenvalue weighted by molar-refractivity contribution is 0.0527. The Morgan fingerprint density at radius 1 is 1.46 bits per heavy atom. The number of nitrogens with one attached hydrogen (secondary N) is 1. The minimum absolute atomic E-state index is 0.119. The third-order valence-corrected chi connectivity index (χ3v) is 4.01. The van der Waals surface area contributed by atoms with Crippen LogP contribution in [0.25, 0.3) is 10.2 Å². The fourth-order valence-corrected chi connectivity index (χ4v) is 2.85. The highest BCUT2D eigenvalue weighted by Crippen LogP contribution is 2.24. The Morgan fingerprint density at radius 2 is 2.25 bits per heavy atom. The summed E-state index contributed by atoms with van der Waals surface area (Å²) in [5.41, 5.74) is 8.31. The molecular formula is C13H11ClN6O3S. The zero-order valence-corrected chi connectivity index (χ0v) is 13.9. The minimum Gasteiger partial charge on any atom is -0.462 e. The number of thiazole rings is 1. The maximum absolute atomic E-state index is 12.5. The van der Waals surface area contributed by atoms with E-state index in [4.69, 9.17) is 22.1 Å². The van der Waals surface area contributed by atoms with Crippen LogP contribution < -0.4 is 16.7 Å². The first-order chi connectivity index (χ1) is 11.5. The van der Waals surface area contributed by atoms with Crippen LogP contribution in [0.3, 0.4) is 0 Å². The van der Waals surface area contributed by atoms with E-state index in [0.29, 0.717) is 0 Å². The van der Waals surface area contributed by atoms with Crippen molar-refractivity contribution in [3.05, 3.63) is 39.4 Å². The number of nitrogen functional groups attached to an aromatic ring is 1. The van der Waals surface area contributed by atoms with Crippen molar-refractivity contribution >= 4 is 50.1 Å². The number of aromatic nitrogens is 4. The maximum Gasteiger partial charge on any atom is 0.341 e. The van der Waals surface area contributed by atoms with E-state index in [2.05, 4.69) is 20.6 Å². The van der Waals surface area contributed by atoms with Crippen molar-refractivity contribution in [1.29, 1.82) is 0 Å². The molecule has 0 saturated carbocycles. The Morgan fingerprint density at radius 3 is 2.92 bits per heavy atom. The van der Waals surface area contributed by atoms with Crippen molar-refractivity contribution in [2.45, 2.75) is 6.92 Å². The maximum atomic E-state index is 12.5. The van der Waals surface area contributed by atoms with Gasteiger partial charge in [-0.05, 0) is 19.1 Å². The number of anilines is 2. The minimum atomic E-state index is -0.606. The average molecular weight is 367 g/mol. The van der Waals surface area contributed by atoms with Gasteiger partial charge < -0.3 is 10.5 Å². The Kier molecular flexibility index (Phi) is 4.32. The van der Waals surface area contributed by atoms with Gasteiger partial charge in [-0.2, -0.15) is 0 Å². The SMILES string of the molecule is CCOC(=O)c1cn(Nc2ccc(Cl)nn2)c(=O)c2sc(N)nc12. The number of esters is 1. The Hall–Kier alpha value is -2.72. The summed E-state index contributed by atoms with van der Waals surface area (Å²) in [5, 5.41) is 7.87. The smallest absolute Gasteiger partial charge is 0.341 e. The van der Waals surface area contributed by atoms with Crippen molar-refractivity contribution in [1.82, 2.24) is 19.9 Å². The molecule has 3 aromatic heterocycles. The third-order valence-electron chi connectivity index (χ3n) is 2.93. The molecule has 0 fully saturated rings. The largest absolute Gasteiger partial charge is 0.462 e. The Bertz CT molecular complexity index is 968. The molecule has 11 heteroatoms. The lowest BCUT2D eigenvalue weighted by Gasteiger charge is -2.10. The highest BCUT2D eigenvalue weighted by atomic mass is 35.5. The number of hydrogen-bond donors (Lipinski definition) is 2. The zero-order chi connectivity index (χ0) is 17.3. The first-order valence-electron chi connectivity index (χ1n) is 6.74. The summed E-state index contributed by atoms with van der Waals surface area (Å²) in [4.78, 5) is 28.7. The molecular weight excluding hydrogens is 356 g/mol. The average Bonchev–Trinajstić information content (AvgIpc) is 2.94. The molecule has 24 heavy (non-hydrogen) atoms. The summed E-state index contributed by atoms with van der Waals surface area (Å²) in [6.07, 6.45) is 1.29. The number of halogens is 1. The van der Waals surface area contributed by atoms with Crippen LogP contribution in [0, 0.1) is 0 Å². The number of fused-ring (bicyclic) bond motifs is 1. The number of nitrogens with zero attached hydrogens (tertiary/aromatic N) is 4. The number of carbonyl (C=O) groups excluding carboxylic acids is 1. The summed E-state index contributed by atoms with van der Waals surface area (Å²) < 4.78 is 6.33. The van der Waals surface area contributed by atoms with Crippen LogP contribution in [0.1, 0.15) is 17.3 Å². The number of ether oxygens (including phenoxy) is 1. The van der Waals surface area contributed by atoms with Crippen molar-refractivity contribution in [2.75, 3.05) is 17.8 Å². The van der Waals surface area contributed by atoms with Crippen LogP contribution in [0.2, 0.25) is 5.15 Å². The number of nitrogens with two attached hydrogens (primary N) is 1. The van der Waals surface area contributed by atoms with Crippen LogP contribution in [0.15, 0.2) is 23.1 Å². The predicted molar refractivity (Wildman–Crippen MR) is 90.3 cm³/mol. The van der Waals surface area contributed by atoms with Gasteiger partial charge in [0.25, 0.3) is 5.56 Å². The molecule has 0 aliphatic rings. The van der Waals surface area contributed by atoms with E-state index in [1.807, 2.05) is 0 Å². The molecule has 0 bridgehead atoms. The second kappa shape index (κ2) is 6.42. The van der Waals surface area contributed by atoms with E-state index in [1.54, 1.807) is 6.92 Å². The van der Waals surface area contributed by atoms with Crippen LogP contribution >= 0.6 is 22.9 Å². The molecule has 0 spiro atoms. The fraction of sp³-hybridized carbons (Fsp3) is 0.154. The van der Waals surface area contributed by atoms with Crippen LogP contribution in [-0.4, -0.2) is 32.4 Å². The molecule has 124 valence electrons. The molecule has 0 amide bonds. The summed E-state index contributed by atoms with van der Waals surface area (Å²) in [7, 11) is 0. The summed E-state index contributed by atoms with van der Waals surface area (Å²) in [6.45, 7) is 1.87. The molecule has 3 rings (SSSR count). The highest BCUT2D eigenvalue weighted by Gasteiger charge is 2.20. The molecule has 3 aromatic rings. The number of pyridine rings is 1. The monoisotopic (exact) mass is 366 g/mol. The highest BCUT2D eigenvalue weighted by molar-refractivity contribution is 7.22. The van der Waals surface area contributed by atoms with E-state index in [0.717, 1.165) is 16.0 Å². The molecule has 9 nitrogen and oxygen atoms in total. The van der Waals surface area contributed by atoms with Gasteiger partial charge in [-0.3, -0.25) is 10.2 Å². The van der Waals surface area contributed by atoms with Crippen LogP contribution in [0.4, 0.5) is 10.9 Å². The number of hydrogen-bond acceptors (Lipinski definition) is 9. The molecule has 0 saturated heterocycles. The first kappa shape index (κ1) is 16.1. The fourth-order valence-electron chi connectivity index (χ4n) is 1.96. The van der Waals surface area contributed by atoms with Gasteiger partial charge in [0, 0.05) is 6.20 Å². The quantitative estimate of drug-likeness (QED) is 0.666. The lowest BCUT2D eigenvalue weighted by Crippen LogP contribution is -2.27. The first-order valence-corrected chi connectivity index (χ1v) is 7.94. The van der Waals surface area contributed by atoms with Crippen LogP contribution in [0.5, 0.6) is 0 Å². The number of carbonyl (C=O) groups is 1. The van der Waals surface area contributed by atoms with Gasteiger partial charge in [-0.1, -0.05) is 22.9 Å². The van der Waals surface area contributed by atoms with Crippen molar-refractivity contribution in [2.24, 2.45) is 0 Å². The van der Waals surface area contributed by atoms with Crippen molar-refractivity contribution < 1.29 is 9.53 Å². The lowest BCUT2D eigenvalue weighted by atomic mass is 10.2. The van der Waals surface area contributed by atoms with Gasteiger partial charge in [0.15, 0.2) is 16.1 Å². The molecule has 0 radical (unpaired) electrons. The van der Waals surface area contributed by atoms with Gasteiger partial charge in [-0.25, -0.2) is 14.5 Å². The van der Waals surface area contributed by atoms with Gasteiger partial charge in [-0.15, -0.1) is 10.2 Å². The normalized spacial score (nSPS) is 10.8. The van der Waals surface area contributed by atoms with Crippen molar-refractivity contribution in [3.8, 4) is 0 Å². The second-order valence-corrected chi connectivity index (χ2v) is 5.94. The summed E-state index contributed by atoms with van der Waals surface area (Å²) in [6, 6.07) is 3.05. The topological polar surface area (TPSA) is 125 Å². The summed E-state index contributed by atoms with van der Waals surface area (Å²) >= 11 is 6.66. The Balaban J connectivity index is 2.13. The van der Waals surface area contributed by atoms with E-state index in [9.17, 15) is 9.59 Å². The van der Waals surface area contributed by atoms with Gasteiger partial charge in [0.1, 0.15) is 15.8 Å². The zero-order valence-electron chi connectivity index (χ0n) is 12.3. The van der Waals surface area contributed by atoms with Gasteiger partial charge >= 0.3 is 5.97 Å². The standard InChI is InChI=1S/C13H11ClN6O3S/c1-2-23-12(22)6-5-20(19-8-4-3-7(14)17-18-8)11(21)10-9(6)16-13(15)24-10/h3-5H,2H2,1H3,(H2,15,16)(H,18,19). The van der Waals surface area contributed by atoms with Crippen molar-refractivity contribution in [3.63, 3.8) is 0 Å².